The van der Waals surface area contributed by atoms with Crippen LogP contribution in [0.1, 0.15) is 64.8 Å². The highest BCUT2D eigenvalue weighted by atomic mass is 31.1. The number of hydrogen-bond acceptors (Lipinski definition) is 2. The molecule has 18 aromatic rings. The van der Waals surface area contributed by atoms with E-state index >= 15 is 0 Å². The number of nitrogens with one attached hydrogen (secondary N) is 1. The predicted molar refractivity (Wildman–Crippen MR) is 428 cm³/mol. The molecule has 17 aromatic carbocycles. The molecule has 2 aliphatic carbocycles. The normalized spacial score (nSPS) is 13.0. The maximum atomic E-state index is 11.9. The molecule has 0 saturated carbocycles. The van der Waals surface area contributed by atoms with Gasteiger partial charge in [0.15, 0.2) is 0 Å². The van der Waals surface area contributed by atoms with Gasteiger partial charge in [0, 0.05) is 38.7 Å². The molecule has 0 atom stereocenters. The predicted octanol–water partition coefficient (Wildman–Crippen LogP) is 25.1. The summed E-state index contributed by atoms with van der Waals surface area (Å²) in [5, 5.41) is 39.6. The Bertz CT molecular complexity index is 6200. The number of benzene rings is 17. The zero-order chi connectivity index (χ0) is 65.3. The Labute approximate surface area is 578 Å². The van der Waals surface area contributed by atoms with Crippen LogP contribution in [0.25, 0.3) is 141 Å². The summed E-state index contributed by atoms with van der Waals surface area (Å²) >= 11 is 0. The Kier molecular flexibility index (Phi) is 15.2. The van der Waals surface area contributed by atoms with Crippen molar-refractivity contribution in [2.45, 2.75) is 53.4 Å². The highest BCUT2D eigenvalue weighted by Gasteiger charge is 2.42. The van der Waals surface area contributed by atoms with E-state index in [9.17, 15) is 10.1 Å². The molecule has 476 valence electrons. The van der Waals surface area contributed by atoms with Crippen LogP contribution in [0.15, 0.2) is 315 Å². The maximum Gasteiger partial charge on any atom is 0.277 e. The van der Waals surface area contributed by atoms with Crippen LogP contribution in [0.5, 0.6) is 0 Å². The number of fused-ring (bicyclic) bond motifs is 29. The first-order chi connectivity index (χ1) is 47.5. The van der Waals surface area contributed by atoms with Crippen LogP contribution in [-0.2, 0) is 10.8 Å². The second-order valence-corrected chi connectivity index (χ2v) is 29.2. The minimum atomic E-state index is -0.446. The van der Waals surface area contributed by atoms with Gasteiger partial charge in [0.25, 0.3) is 5.69 Å². The minimum Gasteiger partial charge on any atom is -0.355 e. The first-order valence-corrected chi connectivity index (χ1v) is 34.8. The second kappa shape index (κ2) is 24.2. The summed E-state index contributed by atoms with van der Waals surface area (Å²) in [4.78, 5) is 15.3. The SMILES string of the molecule is C.C.CC1(C)c2cc3[nH]c4ccccc4c3cc2-c2c1c1c3ccccc3c3ccccc3c1c1ccccc21.CC1(C)c2ccc(-c3ccccc3[N+](=O)[O-])cc2-c2c1c1c3ccccc3c3ccccc3c1c1ccccc21.c1ccc(P(c2ccccc2)c2ccccc2)cc1. The molecule has 0 saturated heterocycles. The lowest BCUT2D eigenvalue weighted by molar-refractivity contribution is -0.384. The fourth-order valence-electron chi connectivity index (χ4n) is 16.9. The first-order valence-electron chi connectivity index (χ1n) is 33.5. The lowest BCUT2D eigenvalue weighted by atomic mass is 9.77. The number of aromatic amines is 1. The first kappa shape index (κ1) is 62.3. The monoisotopic (exact) mass is 1290 g/mol. The van der Waals surface area contributed by atoms with Crippen LogP contribution >= 0.6 is 7.92 Å². The third-order valence-electron chi connectivity index (χ3n) is 21.1. The molecule has 0 fully saturated rings. The van der Waals surface area contributed by atoms with Crippen LogP contribution in [0.2, 0.25) is 0 Å². The summed E-state index contributed by atoms with van der Waals surface area (Å²) < 4.78 is 0. The number of H-pyrrole nitrogens is 1. The number of nitro groups is 1. The van der Waals surface area contributed by atoms with Crippen molar-refractivity contribution in [3.8, 4) is 33.4 Å². The number of rotatable bonds is 5. The van der Waals surface area contributed by atoms with Crippen LogP contribution in [-0.4, -0.2) is 9.91 Å². The molecule has 1 aromatic heterocycles. The van der Waals surface area contributed by atoms with E-state index in [2.05, 4.69) is 318 Å². The Morgan fingerprint density at radius 3 is 1.09 bits per heavy atom. The van der Waals surface area contributed by atoms with Gasteiger partial charge in [-0.2, -0.15) is 0 Å². The summed E-state index contributed by atoms with van der Waals surface area (Å²) in [5.74, 6) is 0. The van der Waals surface area contributed by atoms with E-state index in [0.717, 1.165) is 11.1 Å². The number of aromatic nitrogens is 1. The zero-order valence-corrected chi connectivity index (χ0v) is 55.1. The molecule has 2 aliphatic rings. The Morgan fingerprint density at radius 1 is 0.303 bits per heavy atom. The topological polar surface area (TPSA) is 58.9 Å². The molecule has 0 radical (unpaired) electrons. The largest absolute Gasteiger partial charge is 0.355 e. The van der Waals surface area contributed by atoms with Crippen LogP contribution in [0.3, 0.4) is 0 Å². The molecule has 0 aliphatic heterocycles. The molecular formula is C94H73N2O2P. The summed E-state index contributed by atoms with van der Waals surface area (Å²) in [5.41, 5.74) is 14.3. The van der Waals surface area contributed by atoms with Gasteiger partial charge in [-0.1, -0.05) is 322 Å². The van der Waals surface area contributed by atoms with E-state index in [-0.39, 0.29) is 36.3 Å². The van der Waals surface area contributed by atoms with Gasteiger partial charge in [-0.25, -0.2) is 0 Å². The molecule has 1 N–H and O–H groups in total. The molecule has 0 amide bonds. The second-order valence-electron chi connectivity index (χ2n) is 27.0. The van der Waals surface area contributed by atoms with Crippen molar-refractivity contribution in [3.63, 3.8) is 0 Å². The van der Waals surface area contributed by atoms with Crippen molar-refractivity contribution in [1.82, 2.24) is 4.98 Å². The smallest absolute Gasteiger partial charge is 0.277 e. The van der Waals surface area contributed by atoms with Gasteiger partial charge >= 0.3 is 0 Å². The standard InChI is InChI=1S/C37H25NO2.C37H25N.C18H15P.2CH4/c1-37(2)31-20-19-22(23-11-9-10-18-32(23)38(39)40)21-30(31)34-29-17-8-7-16-28(29)33-26-14-5-3-12-24(26)25-13-4-6-15-27(25)35(33)36(34)37;1-37(2)30-20-32-28(23-13-9-10-18-31(23)38-32)19-29(30)34-27-17-8-7-16-26(27)33-24-14-5-3-11-21(24)22-12-4-6-15-25(22)35(33)36(34)37;1-4-10-16(11-5-1)19(17-12-6-2-7-13-17)18-14-8-3-9-15-18;;/h3-21H,1-2H3;3-20,38H,1-2H3;1-15H;2*1H4. The van der Waals surface area contributed by atoms with Gasteiger partial charge in [-0.05, 0) is 190 Å². The van der Waals surface area contributed by atoms with E-state index in [0.29, 0.717) is 5.56 Å². The molecule has 5 heteroatoms. The van der Waals surface area contributed by atoms with Crippen LogP contribution < -0.4 is 15.9 Å². The van der Waals surface area contributed by atoms with E-state index in [4.69, 9.17) is 0 Å². The molecule has 99 heavy (non-hydrogen) atoms. The molecule has 0 spiro atoms. The number of nitro benzene ring substituents is 1. The summed E-state index contributed by atoms with van der Waals surface area (Å²) in [6.45, 7) is 9.48. The Morgan fingerprint density at radius 2 is 0.646 bits per heavy atom. The fraction of sp³-hybridized carbons (Fsp3) is 0.0851. The van der Waals surface area contributed by atoms with E-state index in [1.165, 1.54) is 163 Å². The molecule has 1 heterocycles. The van der Waals surface area contributed by atoms with Gasteiger partial charge in [0.2, 0.25) is 0 Å². The van der Waals surface area contributed by atoms with Crippen LogP contribution in [0, 0.1) is 10.1 Å². The van der Waals surface area contributed by atoms with Crippen molar-refractivity contribution in [2.24, 2.45) is 0 Å². The van der Waals surface area contributed by atoms with E-state index in [1.54, 1.807) is 12.1 Å². The number of nitrogens with zero attached hydrogens (tertiary/aromatic N) is 1. The molecule has 0 unspecified atom stereocenters. The average molecular weight is 1290 g/mol. The number of para-hydroxylation sites is 2. The summed E-state index contributed by atoms with van der Waals surface area (Å²) in [6.07, 6.45) is 0. The quantitative estimate of drug-likeness (QED) is 0.0808. The van der Waals surface area contributed by atoms with E-state index < -0.39 is 7.92 Å². The van der Waals surface area contributed by atoms with Gasteiger partial charge < -0.3 is 4.98 Å². The fourth-order valence-corrected chi connectivity index (χ4v) is 19.2. The molecule has 4 nitrogen and oxygen atoms in total. The lowest BCUT2D eigenvalue weighted by Gasteiger charge is -2.26. The van der Waals surface area contributed by atoms with Crippen molar-refractivity contribution in [2.75, 3.05) is 0 Å². The maximum absolute atomic E-state index is 11.9. The molecule has 0 bridgehead atoms. The van der Waals surface area contributed by atoms with E-state index in [1.807, 2.05) is 18.2 Å². The van der Waals surface area contributed by atoms with Crippen molar-refractivity contribution >= 4 is 138 Å². The number of hydrogen-bond donors (Lipinski definition) is 1. The molecule has 20 rings (SSSR count). The minimum absolute atomic E-state index is 0. The van der Waals surface area contributed by atoms with Gasteiger partial charge in [0.1, 0.15) is 0 Å². The average Bonchev–Trinajstić information content (AvgIpc) is 1.58. The van der Waals surface area contributed by atoms with Gasteiger partial charge in [0.05, 0.1) is 10.5 Å². The van der Waals surface area contributed by atoms with Gasteiger partial charge in [-0.3, -0.25) is 10.1 Å². The highest BCUT2D eigenvalue weighted by molar-refractivity contribution is 7.79. The van der Waals surface area contributed by atoms with Crippen molar-refractivity contribution < 1.29 is 4.92 Å². The van der Waals surface area contributed by atoms with Crippen molar-refractivity contribution in [3.05, 3.63) is 348 Å². The van der Waals surface area contributed by atoms with Gasteiger partial charge in [-0.15, -0.1) is 0 Å². The van der Waals surface area contributed by atoms with Crippen LogP contribution in [0.4, 0.5) is 5.69 Å². The Hall–Kier alpha value is -11.6. The highest BCUT2D eigenvalue weighted by Crippen LogP contribution is 2.60. The third-order valence-corrected chi connectivity index (χ3v) is 23.5. The summed E-state index contributed by atoms with van der Waals surface area (Å²) in [6, 6.07) is 113. The lowest BCUT2D eigenvalue weighted by Crippen LogP contribution is -2.20. The zero-order valence-electron chi connectivity index (χ0n) is 54.2. The Balaban J connectivity index is 0.000000122. The summed E-state index contributed by atoms with van der Waals surface area (Å²) in [7, 11) is -0.446. The third kappa shape index (κ3) is 9.60. The molecular weight excluding hydrogens is 1220 g/mol. The van der Waals surface area contributed by atoms with Crippen molar-refractivity contribution in [1.29, 1.82) is 0 Å².